The number of para-hydroxylation sites is 1. The normalized spacial score (nSPS) is 14.2. The molecule has 1 saturated heterocycles. The van der Waals surface area contributed by atoms with E-state index >= 15 is 0 Å². The summed E-state index contributed by atoms with van der Waals surface area (Å²) in [6, 6.07) is 16.3. The molecule has 0 spiro atoms. The number of fused-ring (bicyclic) bond motifs is 1. The number of anilines is 1. The number of nitrogen functional groups attached to an aromatic ring is 1. The highest BCUT2D eigenvalue weighted by molar-refractivity contribution is 6.00. The zero-order chi connectivity index (χ0) is 24.8. The summed E-state index contributed by atoms with van der Waals surface area (Å²) in [5.74, 6) is 8.69. The minimum absolute atomic E-state index is 0. The number of aromatic nitrogens is 1. The number of amidine groups is 1. The number of nitrogens with one attached hydrogen (secondary N) is 1. The SMILES string of the molecule is CC(C)Cc1ccc(C(=N)N)c(N2CCN(Cc3cc4ccccc4n(C)c3=O)CC2)c1.NN.[HH]. The number of hydrogen-bond donors (Lipinski definition) is 4. The van der Waals surface area contributed by atoms with Gasteiger partial charge in [-0.15, -0.1) is 0 Å². The van der Waals surface area contributed by atoms with E-state index in [4.69, 9.17) is 11.1 Å². The van der Waals surface area contributed by atoms with Gasteiger partial charge >= 0.3 is 0 Å². The third-order valence-corrected chi connectivity index (χ3v) is 6.31. The van der Waals surface area contributed by atoms with Crippen molar-refractivity contribution < 1.29 is 1.43 Å². The van der Waals surface area contributed by atoms with Gasteiger partial charge in [-0.1, -0.05) is 38.1 Å². The first kappa shape index (κ1) is 25.4. The van der Waals surface area contributed by atoms with E-state index in [0.29, 0.717) is 12.5 Å². The second-order valence-corrected chi connectivity index (χ2v) is 9.22. The Hall–Kier alpha value is -3.20. The van der Waals surface area contributed by atoms with Crippen LogP contribution in [0.25, 0.3) is 10.9 Å². The van der Waals surface area contributed by atoms with E-state index in [9.17, 15) is 4.79 Å². The molecule has 8 nitrogen and oxygen atoms in total. The highest BCUT2D eigenvalue weighted by Crippen LogP contribution is 2.25. The van der Waals surface area contributed by atoms with Crippen molar-refractivity contribution in [2.24, 2.45) is 30.4 Å². The standard InChI is InChI=1S/C26H33N5O.H4N2.H2/c1-18(2)14-19-8-9-22(25(27)28)24(15-19)31-12-10-30(11-13-31)17-21-16-20-6-4-5-7-23(20)29(3)26(21)32;1-2;/h4-9,15-16,18H,10-14,17H2,1-3H3,(H3,27,28);1-2H2;1H. The number of hydrazine groups is 1. The second-order valence-electron chi connectivity index (χ2n) is 9.22. The summed E-state index contributed by atoms with van der Waals surface area (Å²) in [5.41, 5.74) is 10.9. The largest absolute Gasteiger partial charge is 0.384 e. The summed E-state index contributed by atoms with van der Waals surface area (Å²) < 4.78 is 1.75. The fourth-order valence-corrected chi connectivity index (χ4v) is 4.66. The van der Waals surface area contributed by atoms with Gasteiger partial charge in [0.25, 0.3) is 5.56 Å². The average molecular weight is 466 g/mol. The van der Waals surface area contributed by atoms with Crippen LogP contribution in [0.2, 0.25) is 0 Å². The van der Waals surface area contributed by atoms with Crippen LogP contribution in [0.5, 0.6) is 0 Å². The summed E-state index contributed by atoms with van der Waals surface area (Å²) >= 11 is 0. The molecule has 1 aliphatic heterocycles. The van der Waals surface area contributed by atoms with Crippen LogP contribution in [0, 0.1) is 11.3 Å². The zero-order valence-electron chi connectivity index (χ0n) is 20.4. The molecule has 1 aromatic heterocycles. The number of nitrogens with two attached hydrogens (primary N) is 3. The van der Waals surface area contributed by atoms with Crippen molar-refractivity contribution in [3.8, 4) is 0 Å². The van der Waals surface area contributed by atoms with Gasteiger partial charge in [0.05, 0.1) is 5.52 Å². The Kier molecular flexibility index (Phi) is 8.44. The van der Waals surface area contributed by atoms with E-state index < -0.39 is 0 Å². The Bertz CT molecular complexity index is 1200. The molecule has 0 unspecified atom stereocenters. The Morgan fingerprint density at radius 3 is 2.38 bits per heavy atom. The third-order valence-electron chi connectivity index (χ3n) is 6.31. The first-order valence-corrected chi connectivity index (χ1v) is 11.7. The average Bonchev–Trinajstić information content (AvgIpc) is 2.83. The van der Waals surface area contributed by atoms with Crippen LogP contribution >= 0.6 is 0 Å². The number of pyridine rings is 1. The zero-order valence-corrected chi connectivity index (χ0v) is 20.4. The summed E-state index contributed by atoms with van der Waals surface area (Å²) in [6.45, 7) is 8.50. The van der Waals surface area contributed by atoms with E-state index in [1.165, 1.54) is 5.56 Å². The Morgan fingerprint density at radius 2 is 1.74 bits per heavy atom. The molecule has 0 bridgehead atoms. The van der Waals surface area contributed by atoms with Crippen molar-refractivity contribution in [2.45, 2.75) is 26.8 Å². The number of nitrogens with zero attached hydrogens (tertiary/aromatic N) is 3. The van der Waals surface area contributed by atoms with Crippen LogP contribution in [-0.2, 0) is 20.0 Å². The van der Waals surface area contributed by atoms with Crippen LogP contribution in [-0.4, -0.2) is 41.5 Å². The van der Waals surface area contributed by atoms with Crippen molar-refractivity contribution in [3.63, 3.8) is 0 Å². The van der Waals surface area contributed by atoms with E-state index in [-0.39, 0.29) is 12.8 Å². The molecule has 2 heterocycles. The predicted octanol–water partition coefficient (Wildman–Crippen LogP) is 2.41. The monoisotopic (exact) mass is 465 g/mol. The summed E-state index contributed by atoms with van der Waals surface area (Å²) in [4.78, 5) is 17.5. The molecule has 1 fully saturated rings. The number of benzene rings is 2. The summed E-state index contributed by atoms with van der Waals surface area (Å²) in [5, 5.41) is 9.10. The van der Waals surface area contributed by atoms with Crippen LogP contribution in [0.15, 0.2) is 53.3 Å². The lowest BCUT2D eigenvalue weighted by Crippen LogP contribution is -2.47. The van der Waals surface area contributed by atoms with Gasteiger partial charge in [-0.25, -0.2) is 0 Å². The Balaban J connectivity index is 0.00000140. The van der Waals surface area contributed by atoms with E-state index in [0.717, 1.165) is 60.3 Å². The molecule has 7 N–H and O–H groups in total. The van der Waals surface area contributed by atoms with Gasteiger partial charge in [-0.3, -0.25) is 26.8 Å². The maximum absolute atomic E-state index is 12.9. The predicted molar refractivity (Wildman–Crippen MR) is 143 cm³/mol. The van der Waals surface area contributed by atoms with E-state index in [1.807, 2.05) is 37.4 Å². The number of piperazine rings is 1. The van der Waals surface area contributed by atoms with Crippen LogP contribution < -0.4 is 27.9 Å². The van der Waals surface area contributed by atoms with Gasteiger partial charge in [-0.05, 0) is 47.6 Å². The second kappa shape index (κ2) is 11.3. The molecule has 0 amide bonds. The van der Waals surface area contributed by atoms with Gasteiger partial charge in [0.2, 0.25) is 0 Å². The lowest BCUT2D eigenvalue weighted by Gasteiger charge is -2.37. The molecule has 1 aliphatic rings. The van der Waals surface area contributed by atoms with Crippen LogP contribution in [0.1, 0.15) is 32.0 Å². The highest BCUT2D eigenvalue weighted by atomic mass is 16.1. The topological polar surface area (TPSA) is 130 Å². The number of rotatable bonds is 6. The number of hydrogen-bond acceptors (Lipinski definition) is 6. The molecule has 4 rings (SSSR count). The van der Waals surface area contributed by atoms with Crippen molar-refractivity contribution in [1.82, 2.24) is 9.47 Å². The smallest absolute Gasteiger partial charge is 0.255 e. The summed E-state index contributed by atoms with van der Waals surface area (Å²) in [6.07, 6.45) is 1.01. The van der Waals surface area contributed by atoms with Gasteiger partial charge < -0.3 is 15.2 Å². The molecule has 2 aromatic carbocycles. The molecular formula is C26H39N7O. The molecule has 0 saturated carbocycles. The minimum atomic E-state index is 0. The highest BCUT2D eigenvalue weighted by Gasteiger charge is 2.22. The van der Waals surface area contributed by atoms with Crippen LogP contribution in [0.4, 0.5) is 5.69 Å². The van der Waals surface area contributed by atoms with Crippen molar-refractivity contribution in [1.29, 1.82) is 5.41 Å². The van der Waals surface area contributed by atoms with Crippen molar-refractivity contribution >= 4 is 22.4 Å². The lowest BCUT2D eigenvalue weighted by molar-refractivity contribution is 0.248. The van der Waals surface area contributed by atoms with Crippen molar-refractivity contribution in [2.75, 3.05) is 31.1 Å². The number of aryl methyl sites for hydroxylation is 1. The van der Waals surface area contributed by atoms with Crippen LogP contribution in [0.3, 0.4) is 0 Å². The Labute approximate surface area is 202 Å². The molecule has 184 valence electrons. The van der Waals surface area contributed by atoms with Crippen molar-refractivity contribution in [3.05, 3.63) is 75.6 Å². The fraction of sp³-hybridized carbons (Fsp3) is 0.385. The molecule has 0 radical (unpaired) electrons. The molecule has 8 heteroatoms. The van der Waals surface area contributed by atoms with E-state index in [2.05, 4.69) is 53.5 Å². The van der Waals surface area contributed by atoms with E-state index in [1.54, 1.807) is 4.57 Å². The maximum atomic E-state index is 12.9. The fourth-order valence-electron chi connectivity index (χ4n) is 4.66. The van der Waals surface area contributed by atoms with Gasteiger partial charge in [0, 0.05) is 58.0 Å². The first-order valence-electron chi connectivity index (χ1n) is 11.7. The first-order chi connectivity index (χ1) is 16.3. The molecule has 34 heavy (non-hydrogen) atoms. The molecular weight excluding hydrogens is 426 g/mol. The molecule has 0 atom stereocenters. The minimum Gasteiger partial charge on any atom is -0.384 e. The molecule has 0 aliphatic carbocycles. The summed E-state index contributed by atoms with van der Waals surface area (Å²) in [7, 11) is 1.85. The molecule has 3 aromatic rings. The third kappa shape index (κ3) is 5.64. The van der Waals surface area contributed by atoms with Gasteiger partial charge in [0.1, 0.15) is 5.84 Å². The maximum Gasteiger partial charge on any atom is 0.255 e. The van der Waals surface area contributed by atoms with Gasteiger partial charge in [0.15, 0.2) is 0 Å². The quantitative estimate of drug-likeness (QED) is 0.191. The van der Waals surface area contributed by atoms with Gasteiger partial charge in [-0.2, -0.15) is 0 Å². The Morgan fingerprint density at radius 1 is 1.06 bits per heavy atom. The lowest BCUT2D eigenvalue weighted by atomic mass is 9.99.